The van der Waals surface area contributed by atoms with Crippen LogP contribution in [0.2, 0.25) is 0 Å². The third-order valence-corrected chi connectivity index (χ3v) is 5.99. The van der Waals surface area contributed by atoms with Gasteiger partial charge in [-0.05, 0) is 36.7 Å². The Balaban J connectivity index is 2.06. The van der Waals surface area contributed by atoms with Gasteiger partial charge in [0.25, 0.3) is 0 Å². The lowest BCUT2D eigenvalue weighted by atomic mass is 9.80. The maximum Gasteiger partial charge on any atom is 0.307 e. The first-order valence-electron chi connectivity index (χ1n) is 6.86. The molecule has 0 spiro atoms. The number of hydrogen-bond acceptors (Lipinski definition) is 5. The molecule has 0 radical (unpaired) electrons. The monoisotopic (exact) mass is 300 g/mol. The molecule has 2 rings (SSSR count). The molecule has 3 unspecified atom stereocenters. The molecule has 1 aliphatic carbocycles. The summed E-state index contributed by atoms with van der Waals surface area (Å²) in [5.74, 6) is 0.628. The zero-order chi connectivity index (χ0) is 13.8. The van der Waals surface area contributed by atoms with Crippen LogP contribution in [0.3, 0.4) is 0 Å². The standard InChI is InChI=1S/C13H20N2O2S2/c1-3-8-5-6-9(12(16)17)10(7-8)18-13-14-11(4-2)15-19-13/h8-10H,3-7H2,1-2H3,(H,16,17). The summed E-state index contributed by atoms with van der Waals surface area (Å²) in [5.41, 5.74) is 0. The van der Waals surface area contributed by atoms with Crippen LogP contribution in [0.4, 0.5) is 0 Å². The molecule has 1 aromatic heterocycles. The van der Waals surface area contributed by atoms with E-state index in [1.807, 2.05) is 6.92 Å². The number of thioether (sulfide) groups is 1. The number of aromatic nitrogens is 2. The minimum absolute atomic E-state index is 0.147. The number of aliphatic carboxylic acids is 1. The van der Waals surface area contributed by atoms with Crippen molar-refractivity contribution in [2.45, 2.75) is 55.5 Å². The lowest BCUT2D eigenvalue weighted by molar-refractivity contribution is -0.142. The summed E-state index contributed by atoms with van der Waals surface area (Å²) in [7, 11) is 0. The predicted molar refractivity (Wildman–Crippen MR) is 77.7 cm³/mol. The Labute approximate surface area is 122 Å². The van der Waals surface area contributed by atoms with Gasteiger partial charge in [-0.25, -0.2) is 4.98 Å². The van der Waals surface area contributed by atoms with Crippen LogP contribution in [0.1, 0.15) is 45.4 Å². The number of carboxylic acids is 1. The van der Waals surface area contributed by atoms with Gasteiger partial charge in [0.2, 0.25) is 0 Å². The topological polar surface area (TPSA) is 63.1 Å². The summed E-state index contributed by atoms with van der Waals surface area (Å²) in [6, 6.07) is 0. The van der Waals surface area contributed by atoms with Crippen molar-refractivity contribution in [3.05, 3.63) is 5.82 Å². The van der Waals surface area contributed by atoms with Gasteiger partial charge >= 0.3 is 5.97 Å². The summed E-state index contributed by atoms with van der Waals surface area (Å²) in [4.78, 5) is 15.8. The van der Waals surface area contributed by atoms with E-state index in [0.717, 1.165) is 42.3 Å². The van der Waals surface area contributed by atoms with E-state index in [1.54, 1.807) is 11.8 Å². The summed E-state index contributed by atoms with van der Waals surface area (Å²) in [6.07, 6.45) is 4.80. The van der Waals surface area contributed by atoms with Crippen LogP contribution in [0.25, 0.3) is 0 Å². The van der Waals surface area contributed by atoms with Crippen LogP contribution in [0, 0.1) is 11.8 Å². The Bertz CT molecular complexity index is 436. The fourth-order valence-corrected chi connectivity index (χ4v) is 4.91. The van der Waals surface area contributed by atoms with E-state index >= 15 is 0 Å². The molecule has 106 valence electrons. The minimum Gasteiger partial charge on any atom is -0.481 e. The van der Waals surface area contributed by atoms with Crippen LogP contribution >= 0.6 is 23.3 Å². The van der Waals surface area contributed by atoms with Crippen LogP contribution < -0.4 is 0 Å². The van der Waals surface area contributed by atoms with Crippen molar-refractivity contribution in [2.75, 3.05) is 0 Å². The highest BCUT2D eigenvalue weighted by Gasteiger charge is 2.35. The van der Waals surface area contributed by atoms with Gasteiger partial charge in [-0.2, -0.15) is 4.37 Å². The molecule has 3 atom stereocenters. The largest absolute Gasteiger partial charge is 0.481 e. The van der Waals surface area contributed by atoms with Gasteiger partial charge in [-0.1, -0.05) is 32.0 Å². The Morgan fingerprint density at radius 3 is 2.84 bits per heavy atom. The molecule has 1 heterocycles. The molecule has 1 aromatic rings. The van der Waals surface area contributed by atoms with E-state index in [2.05, 4.69) is 16.3 Å². The van der Waals surface area contributed by atoms with Gasteiger partial charge in [0.15, 0.2) is 4.34 Å². The Morgan fingerprint density at radius 2 is 2.26 bits per heavy atom. The van der Waals surface area contributed by atoms with E-state index < -0.39 is 5.97 Å². The molecule has 6 heteroatoms. The molecule has 19 heavy (non-hydrogen) atoms. The molecule has 1 fully saturated rings. The van der Waals surface area contributed by atoms with Crippen molar-refractivity contribution >= 4 is 29.3 Å². The molecule has 4 nitrogen and oxygen atoms in total. The first-order chi connectivity index (χ1) is 9.13. The molecule has 1 N–H and O–H groups in total. The first-order valence-corrected chi connectivity index (χ1v) is 8.51. The molecule has 0 bridgehead atoms. The Hall–Kier alpha value is -0.620. The van der Waals surface area contributed by atoms with E-state index in [4.69, 9.17) is 0 Å². The van der Waals surface area contributed by atoms with Gasteiger partial charge in [-0.3, -0.25) is 4.79 Å². The van der Waals surface area contributed by atoms with E-state index in [9.17, 15) is 9.90 Å². The smallest absolute Gasteiger partial charge is 0.307 e. The maximum absolute atomic E-state index is 11.4. The van der Waals surface area contributed by atoms with Crippen molar-refractivity contribution in [1.29, 1.82) is 0 Å². The highest BCUT2D eigenvalue weighted by atomic mass is 32.2. The Morgan fingerprint density at radius 1 is 1.47 bits per heavy atom. The molecule has 0 amide bonds. The normalized spacial score (nSPS) is 27.4. The number of hydrogen-bond donors (Lipinski definition) is 1. The fourth-order valence-electron chi connectivity index (χ4n) is 2.55. The fraction of sp³-hybridized carbons (Fsp3) is 0.769. The lowest BCUT2D eigenvalue weighted by Crippen LogP contribution is -2.32. The van der Waals surface area contributed by atoms with E-state index in [0.29, 0.717) is 5.92 Å². The predicted octanol–water partition coefficient (Wildman–Crippen LogP) is 3.47. The van der Waals surface area contributed by atoms with Gasteiger partial charge in [-0.15, -0.1) is 0 Å². The van der Waals surface area contributed by atoms with Crippen molar-refractivity contribution in [1.82, 2.24) is 9.36 Å². The molecule has 1 saturated carbocycles. The van der Waals surface area contributed by atoms with Crippen LogP contribution in [0.15, 0.2) is 4.34 Å². The van der Waals surface area contributed by atoms with E-state index in [-0.39, 0.29) is 11.2 Å². The average Bonchev–Trinajstić information content (AvgIpc) is 2.86. The number of nitrogens with zero attached hydrogens (tertiary/aromatic N) is 2. The first kappa shape index (κ1) is 14.8. The number of carboxylic acid groups (broad SMARTS) is 1. The molecule has 1 aliphatic rings. The summed E-state index contributed by atoms with van der Waals surface area (Å²) in [6.45, 7) is 4.22. The highest BCUT2D eigenvalue weighted by Crippen LogP contribution is 2.41. The zero-order valence-corrected chi connectivity index (χ0v) is 13.0. The van der Waals surface area contributed by atoms with Gasteiger partial charge in [0, 0.05) is 11.7 Å². The summed E-state index contributed by atoms with van der Waals surface area (Å²) < 4.78 is 5.19. The molecule has 0 aromatic carbocycles. The number of carbonyl (C=O) groups is 1. The molecular weight excluding hydrogens is 280 g/mol. The SMILES string of the molecule is CCc1nsc(SC2CC(CC)CCC2C(=O)O)n1. The van der Waals surface area contributed by atoms with Crippen LogP contribution in [0.5, 0.6) is 0 Å². The van der Waals surface area contributed by atoms with Gasteiger partial charge < -0.3 is 5.11 Å². The number of rotatable bonds is 5. The third kappa shape index (κ3) is 3.69. The molecule has 0 aliphatic heterocycles. The van der Waals surface area contributed by atoms with Crippen molar-refractivity contribution in [3.63, 3.8) is 0 Å². The lowest BCUT2D eigenvalue weighted by Gasteiger charge is -2.32. The highest BCUT2D eigenvalue weighted by molar-refractivity contribution is 8.01. The van der Waals surface area contributed by atoms with Crippen LogP contribution in [-0.4, -0.2) is 25.7 Å². The second-order valence-corrected chi connectivity index (χ2v) is 7.26. The van der Waals surface area contributed by atoms with Crippen molar-refractivity contribution in [3.8, 4) is 0 Å². The van der Waals surface area contributed by atoms with Crippen LogP contribution in [-0.2, 0) is 11.2 Å². The molecular formula is C13H20N2O2S2. The summed E-state index contributed by atoms with van der Waals surface area (Å²) >= 11 is 3.02. The zero-order valence-electron chi connectivity index (χ0n) is 11.3. The van der Waals surface area contributed by atoms with Crippen molar-refractivity contribution < 1.29 is 9.90 Å². The Kier molecular flexibility index (Phi) is 5.21. The minimum atomic E-state index is -0.660. The number of aryl methyl sites for hydroxylation is 1. The third-order valence-electron chi connectivity index (χ3n) is 3.81. The second kappa shape index (κ2) is 6.70. The summed E-state index contributed by atoms with van der Waals surface area (Å²) in [5, 5.41) is 9.50. The second-order valence-electron chi connectivity index (χ2n) is 5.02. The van der Waals surface area contributed by atoms with Gasteiger partial charge in [0.1, 0.15) is 5.82 Å². The van der Waals surface area contributed by atoms with Crippen molar-refractivity contribution in [2.24, 2.45) is 11.8 Å². The van der Waals surface area contributed by atoms with E-state index in [1.165, 1.54) is 11.5 Å². The van der Waals surface area contributed by atoms with Gasteiger partial charge in [0.05, 0.1) is 5.92 Å². The maximum atomic E-state index is 11.4. The molecule has 0 saturated heterocycles. The quantitative estimate of drug-likeness (QED) is 0.902. The average molecular weight is 300 g/mol.